The first-order valence-corrected chi connectivity index (χ1v) is 7.57. The lowest BCUT2D eigenvalue weighted by Gasteiger charge is -2.27. The number of benzene rings is 1. The maximum atomic E-state index is 13.8. The van der Waals surface area contributed by atoms with Crippen LogP contribution in [0.25, 0.3) is 0 Å². The van der Waals surface area contributed by atoms with Crippen LogP contribution in [-0.2, 0) is 5.88 Å². The van der Waals surface area contributed by atoms with Gasteiger partial charge in [-0.3, -0.25) is 4.90 Å². The van der Waals surface area contributed by atoms with E-state index in [0.29, 0.717) is 11.6 Å². The Hall–Kier alpha value is -0.800. The Morgan fingerprint density at radius 2 is 2.11 bits per heavy atom. The number of nitrogens with zero attached hydrogens (tertiary/aromatic N) is 2. The zero-order valence-electron chi connectivity index (χ0n) is 11.7. The van der Waals surface area contributed by atoms with Crippen molar-refractivity contribution in [2.45, 2.75) is 32.2 Å². The lowest BCUT2D eigenvalue weighted by molar-refractivity contribution is 0.232. The molecule has 0 radical (unpaired) electrons. The van der Waals surface area contributed by atoms with Gasteiger partial charge in [-0.15, -0.1) is 11.6 Å². The molecule has 1 aliphatic heterocycles. The van der Waals surface area contributed by atoms with E-state index in [1.165, 1.54) is 6.07 Å². The van der Waals surface area contributed by atoms with Gasteiger partial charge < -0.3 is 4.90 Å². The van der Waals surface area contributed by atoms with Gasteiger partial charge in [0.2, 0.25) is 0 Å². The molecule has 2 nitrogen and oxygen atoms in total. The fraction of sp³-hybridized carbons (Fsp3) is 0.600. The van der Waals surface area contributed by atoms with Gasteiger partial charge in [-0.2, -0.15) is 0 Å². The van der Waals surface area contributed by atoms with E-state index in [2.05, 4.69) is 23.6 Å². The summed E-state index contributed by atoms with van der Waals surface area (Å²) >= 11 is 5.89. The van der Waals surface area contributed by atoms with Gasteiger partial charge in [0.15, 0.2) is 0 Å². The monoisotopic (exact) mass is 284 g/mol. The summed E-state index contributed by atoms with van der Waals surface area (Å²) < 4.78 is 13.8. The van der Waals surface area contributed by atoms with Gasteiger partial charge in [-0.1, -0.05) is 19.9 Å². The molecule has 1 aromatic rings. The first-order chi connectivity index (χ1) is 9.21. The Kier molecular flexibility index (Phi) is 5.06. The SMILES string of the molecule is CCN(CC)C1CCN(c2cccc(F)c2CCl)C1. The predicted octanol–water partition coefficient (Wildman–Crippen LogP) is 3.49. The Morgan fingerprint density at radius 3 is 2.74 bits per heavy atom. The molecule has 0 aromatic heterocycles. The van der Waals surface area contributed by atoms with Crippen molar-refractivity contribution in [2.24, 2.45) is 0 Å². The Balaban J connectivity index is 2.15. The first kappa shape index (κ1) is 14.6. The molecule has 1 heterocycles. The van der Waals surface area contributed by atoms with Crippen LogP contribution in [0.3, 0.4) is 0 Å². The highest BCUT2D eigenvalue weighted by atomic mass is 35.5. The summed E-state index contributed by atoms with van der Waals surface area (Å²) in [4.78, 5) is 4.74. The second kappa shape index (κ2) is 6.58. The summed E-state index contributed by atoms with van der Waals surface area (Å²) in [6, 6.07) is 5.80. The highest BCUT2D eigenvalue weighted by Gasteiger charge is 2.27. The molecule has 1 atom stereocenters. The Bertz CT molecular complexity index is 421. The molecule has 1 saturated heterocycles. The lowest BCUT2D eigenvalue weighted by Crippen LogP contribution is -2.37. The third-order valence-electron chi connectivity index (χ3n) is 4.06. The van der Waals surface area contributed by atoms with Crippen molar-refractivity contribution in [3.05, 3.63) is 29.6 Å². The van der Waals surface area contributed by atoms with E-state index >= 15 is 0 Å². The minimum Gasteiger partial charge on any atom is -0.370 e. The highest BCUT2D eigenvalue weighted by Crippen LogP contribution is 2.29. The van der Waals surface area contributed by atoms with E-state index in [1.807, 2.05) is 6.07 Å². The van der Waals surface area contributed by atoms with Crippen LogP contribution in [0.5, 0.6) is 0 Å². The fourth-order valence-corrected chi connectivity index (χ4v) is 3.24. The van der Waals surface area contributed by atoms with E-state index < -0.39 is 0 Å². The highest BCUT2D eigenvalue weighted by molar-refractivity contribution is 6.17. The van der Waals surface area contributed by atoms with E-state index in [1.54, 1.807) is 6.07 Å². The zero-order valence-corrected chi connectivity index (χ0v) is 12.5. The number of likely N-dealkylation sites (N-methyl/N-ethyl adjacent to an activating group) is 1. The summed E-state index contributed by atoms with van der Waals surface area (Å²) in [5.41, 5.74) is 1.59. The molecule has 19 heavy (non-hydrogen) atoms. The average Bonchev–Trinajstić information content (AvgIpc) is 2.89. The van der Waals surface area contributed by atoms with Gasteiger partial charge in [-0.05, 0) is 31.6 Å². The summed E-state index contributed by atoms with van der Waals surface area (Å²) in [6.45, 7) is 8.47. The molecule has 1 aliphatic rings. The standard InChI is InChI=1S/C15H22ClFN2/c1-3-18(4-2)12-8-9-19(11-12)15-7-5-6-14(17)13(15)10-16/h5-7,12H,3-4,8-11H2,1-2H3. The van der Waals surface area contributed by atoms with Crippen LogP contribution in [0.15, 0.2) is 18.2 Å². The molecular formula is C15H22ClFN2. The molecule has 106 valence electrons. The smallest absolute Gasteiger partial charge is 0.129 e. The third-order valence-corrected chi connectivity index (χ3v) is 4.33. The zero-order chi connectivity index (χ0) is 13.8. The van der Waals surface area contributed by atoms with Crippen molar-refractivity contribution in [1.29, 1.82) is 0 Å². The van der Waals surface area contributed by atoms with Crippen molar-refractivity contribution in [1.82, 2.24) is 4.90 Å². The molecule has 0 aliphatic carbocycles. The van der Waals surface area contributed by atoms with E-state index in [9.17, 15) is 4.39 Å². The first-order valence-electron chi connectivity index (χ1n) is 7.03. The Morgan fingerprint density at radius 1 is 1.37 bits per heavy atom. The van der Waals surface area contributed by atoms with Crippen molar-refractivity contribution >= 4 is 17.3 Å². The van der Waals surface area contributed by atoms with E-state index in [4.69, 9.17) is 11.6 Å². The maximum Gasteiger partial charge on any atom is 0.129 e. The van der Waals surface area contributed by atoms with Crippen LogP contribution in [0.1, 0.15) is 25.8 Å². The molecule has 0 bridgehead atoms. The number of hydrogen-bond donors (Lipinski definition) is 0. The van der Waals surface area contributed by atoms with Gasteiger partial charge in [0.25, 0.3) is 0 Å². The van der Waals surface area contributed by atoms with Crippen molar-refractivity contribution in [3.8, 4) is 0 Å². The van der Waals surface area contributed by atoms with Gasteiger partial charge in [0.1, 0.15) is 5.82 Å². The molecule has 4 heteroatoms. The second-order valence-electron chi connectivity index (χ2n) is 4.98. The molecule has 0 spiro atoms. The third kappa shape index (κ3) is 3.03. The molecule has 0 saturated carbocycles. The molecule has 2 rings (SSSR count). The van der Waals surface area contributed by atoms with Gasteiger partial charge in [0.05, 0.1) is 5.88 Å². The molecule has 1 fully saturated rings. The molecular weight excluding hydrogens is 263 g/mol. The normalized spacial score (nSPS) is 19.4. The summed E-state index contributed by atoms with van der Waals surface area (Å²) in [5.74, 6) is 0.0350. The number of alkyl halides is 1. The Labute approximate surface area is 120 Å². The van der Waals surface area contributed by atoms with Crippen molar-refractivity contribution in [2.75, 3.05) is 31.1 Å². The topological polar surface area (TPSA) is 6.48 Å². The predicted molar refractivity (Wildman–Crippen MR) is 79.5 cm³/mol. The lowest BCUT2D eigenvalue weighted by atomic mass is 10.1. The van der Waals surface area contributed by atoms with Gasteiger partial charge in [-0.25, -0.2) is 4.39 Å². The number of rotatable bonds is 5. The molecule has 0 amide bonds. The number of anilines is 1. The van der Waals surface area contributed by atoms with Crippen LogP contribution in [0.2, 0.25) is 0 Å². The van der Waals surface area contributed by atoms with Crippen LogP contribution >= 0.6 is 11.6 Å². The number of halogens is 2. The number of hydrogen-bond acceptors (Lipinski definition) is 2. The minimum atomic E-state index is -0.196. The molecule has 1 aromatic carbocycles. The van der Waals surface area contributed by atoms with Crippen LogP contribution in [-0.4, -0.2) is 37.1 Å². The maximum absolute atomic E-state index is 13.8. The van der Waals surface area contributed by atoms with E-state index in [-0.39, 0.29) is 11.7 Å². The summed E-state index contributed by atoms with van der Waals surface area (Å²) in [5, 5.41) is 0. The summed E-state index contributed by atoms with van der Waals surface area (Å²) in [7, 11) is 0. The summed E-state index contributed by atoms with van der Waals surface area (Å²) in [6.07, 6.45) is 1.14. The van der Waals surface area contributed by atoms with Gasteiger partial charge >= 0.3 is 0 Å². The van der Waals surface area contributed by atoms with Gasteiger partial charge in [0, 0.05) is 30.4 Å². The van der Waals surface area contributed by atoms with Crippen LogP contribution in [0.4, 0.5) is 10.1 Å². The average molecular weight is 285 g/mol. The molecule has 0 N–H and O–H groups in total. The van der Waals surface area contributed by atoms with Crippen molar-refractivity contribution < 1.29 is 4.39 Å². The minimum absolute atomic E-state index is 0.196. The quantitative estimate of drug-likeness (QED) is 0.764. The largest absolute Gasteiger partial charge is 0.370 e. The fourth-order valence-electron chi connectivity index (χ4n) is 2.97. The second-order valence-corrected chi connectivity index (χ2v) is 5.25. The van der Waals surface area contributed by atoms with Crippen LogP contribution < -0.4 is 4.90 Å². The van der Waals surface area contributed by atoms with Crippen LogP contribution in [0, 0.1) is 5.82 Å². The molecule has 1 unspecified atom stereocenters. The van der Waals surface area contributed by atoms with Crippen molar-refractivity contribution in [3.63, 3.8) is 0 Å². The van der Waals surface area contributed by atoms with E-state index in [0.717, 1.165) is 38.3 Å².